The fourth-order valence-electron chi connectivity index (χ4n) is 2.95. The van der Waals surface area contributed by atoms with Crippen LogP contribution < -0.4 is 15.5 Å². The van der Waals surface area contributed by atoms with Crippen molar-refractivity contribution in [3.8, 4) is 0 Å². The second-order valence-electron chi connectivity index (χ2n) is 6.68. The Kier molecular flexibility index (Phi) is 5.23. The molecule has 2 aliphatic rings. The van der Waals surface area contributed by atoms with Crippen LogP contribution in [-0.2, 0) is 6.54 Å². The van der Waals surface area contributed by atoms with Crippen LogP contribution in [0.5, 0.6) is 0 Å². The molecule has 1 atom stereocenters. The molecular weight excluding hydrogens is 481 g/mol. The zero-order chi connectivity index (χ0) is 19.8. The molecular formula is C18H19F2IN6O. The maximum Gasteiger partial charge on any atom is 0.328 e. The van der Waals surface area contributed by atoms with Gasteiger partial charge in [-0.3, -0.25) is 0 Å². The van der Waals surface area contributed by atoms with Crippen LogP contribution in [0.2, 0.25) is 0 Å². The van der Waals surface area contributed by atoms with Crippen molar-refractivity contribution in [1.82, 2.24) is 20.2 Å². The van der Waals surface area contributed by atoms with Gasteiger partial charge in [0.1, 0.15) is 17.3 Å². The van der Waals surface area contributed by atoms with E-state index in [1.165, 1.54) is 6.07 Å². The molecule has 0 saturated carbocycles. The highest BCUT2D eigenvalue weighted by molar-refractivity contribution is 14.2. The SMILES string of the molecule is CN(C)CCNc1nc(C2C=I2)c2c(n1)N(c1c(F)cccc1F)C(=O)NC2. The van der Waals surface area contributed by atoms with Crippen molar-refractivity contribution in [2.45, 2.75) is 10.5 Å². The van der Waals surface area contributed by atoms with E-state index in [1.807, 2.05) is 19.0 Å². The highest BCUT2D eigenvalue weighted by atomic mass is 127. The molecule has 1 aromatic heterocycles. The second kappa shape index (κ2) is 7.66. The molecule has 0 fully saturated rings. The van der Waals surface area contributed by atoms with E-state index in [1.54, 1.807) is 0 Å². The highest BCUT2D eigenvalue weighted by Gasteiger charge is 2.35. The molecule has 0 spiro atoms. The summed E-state index contributed by atoms with van der Waals surface area (Å²) < 4.78 is 31.4. The summed E-state index contributed by atoms with van der Waals surface area (Å²) in [6, 6.07) is 2.90. The first kappa shape index (κ1) is 19.1. The lowest BCUT2D eigenvalue weighted by Gasteiger charge is -2.30. The van der Waals surface area contributed by atoms with Crippen LogP contribution in [0.1, 0.15) is 15.2 Å². The lowest BCUT2D eigenvalue weighted by molar-refractivity contribution is 0.246. The molecule has 0 aliphatic carbocycles. The van der Waals surface area contributed by atoms with Gasteiger partial charge in [-0.2, -0.15) is 4.98 Å². The Morgan fingerprint density at radius 1 is 1.32 bits per heavy atom. The summed E-state index contributed by atoms with van der Waals surface area (Å²) in [5.74, 6) is -1.06. The van der Waals surface area contributed by atoms with Gasteiger partial charge in [0.15, 0.2) is 5.82 Å². The van der Waals surface area contributed by atoms with Gasteiger partial charge in [0, 0.05) is 18.7 Å². The third-order valence-electron chi connectivity index (χ3n) is 4.37. The molecule has 2 N–H and O–H groups in total. The quantitative estimate of drug-likeness (QED) is 0.472. The first-order chi connectivity index (χ1) is 13.5. The molecule has 1 aromatic carbocycles. The maximum absolute atomic E-state index is 14.4. The monoisotopic (exact) mass is 500 g/mol. The molecule has 2 amide bonds. The van der Waals surface area contributed by atoms with Crippen molar-refractivity contribution in [3.63, 3.8) is 0 Å². The third-order valence-corrected chi connectivity index (χ3v) is 6.39. The van der Waals surface area contributed by atoms with Crippen molar-refractivity contribution in [2.24, 2.45) is 0 Å². The minimum absolute atomic E-state index is 0.0828. The van der Waals surface area contributed by atoms with E-state index in [9.17, 15) is 13.6 Å². The first-order valence-electron chi connectivity index (χ1n) is 8.72. The Balaban J connectivity index is 1.80. The number of fused-ring (bicyclic) bond motifs is 1. The number of hydrogen-bond donors (Lipinski definition) is 2. The number of nitrogens with zero attached hydrogens (tertiary/aromatic N) is 4. The largest absolute Gasteiger partial charge is 0.353 e. The van der Waals surface area contributed by atoms with Crippen molar-refractivity contribution in [1.29, 1.82) is 0 Å². The van der Waals surface area contributed by atoms with Gasteiger partial charge >= 0.3 is 6.03 Å². The van der Waals surface area contributed by atoms with E-state index in [4.69, 9.17) is 0 Å². The second-order valence-corrected chi connectivity index (χ2v) is 9.46. The van der Waals surface area contributed by atoms with Gasteiger partial charge in [0.2, 0.25) is 5.95 Å². The number of anilines is 3. The van der Waals surface area contributed by atoms with Gasteiger partial charge < -0.3 is 15.5 Å². The summed E-state index contributed by atoms with van der Waals surface area (Å²) in [6.45, 7) is 1.61. The third kappa shape index (κ3) is 3.70. The number of hydrogen-bond acceptors (Lipinski definition) is 5. The van der Waals surface area contributed by atoms with Crippen molar-refractivity contribution in [2.75, 3.05) is 37.4 Å². The number of urea groups is 1. The van der Waals surface area contributed by atoms with Gasteiger partial charge in [-0.1, -0.05) is 6.07 Å². The van der Waals surface area contributed by atoms with E-state index >= 15 is 0 Å². The predicted molar refractivity (Wildman–Crippen MR) is 113 cm³/mol. The molecule has 7 nitrogen and oxygen atoms in total. The number of likely N-dealkylation sites (N-methyl/N-ethyl adjacent to an activating group) is 1. The molecule has 3 heterocycles. The Labute approximate surface area is 170 Å². The average molecular weight is 500 g/mol. The molecule has 28 heavy (non-hydrogen) atoms. The number of aromatic nitrogens is 2. The van der Waals surface area contributed by atoms with Crippen LogP contribution in [0.15, 0.2) is 18.2 Å². The Hall–Kier alpha value is -2.21. The summed E-state index contributed by atoms with van der Waals surface area (Å²) in [5, 5.41) is 5.84. The topological polar surface area (TPSA) is 73.4 Å². The number of rotatable bonds is 6. The van der Waals surface area contributed by atoms with E-state index in [2.05, 4.69) is 24.6 Å². The Morgan fingerprint density at radius 3 is 2.68 bits per heavy atom. The van der Waals surface area contributed by atoms with Gasteiger partial charge in [0.25, 0.3) is 0 Å². The van der Waals surface area contributed by atoms with Crippen LogP contribution >= 0.6 is 20.7 Å². The van der Waals surface area contributed by atoms with Crippen LogP contribution in [0.4, 0.5) is 31.0 Å². The predicted octanol–water partition coefficient (Wildman–Crippen LogP) is 2.92. The number of halogens is 3. The summed E-state index contributed by atoms with van der Waals surface area (Å²) in [7, 11) is 3.91. The number of benzene rings is 1. The average Bonchev–Trinajstić information content (AvgIpc) is 3.47. The lowest BCUT2D eigenvalue weighted by atomic mass is 10.1. The Bertz CT molecular complexity index is 941. The summed E-state index contributed by atoms with van der Waals surface area (Å²) in [5.41, 5.74) is 1.10. The fourth-order valence-corrected chi connectivity index (χ4v) is 4.35. The zero-order valence-corrected chi connectivity index (χ0v) is 17.5. The first-order valence-corrected chi connectivity index (χ1v) is 11.2. The number of carbonyl (C=O) groups excluding carboxylic acids is 1. The Morgan fingerprint density at radius 2 is 2.04 bits per heavy atom. The molecule has 0 bridgehead atoms. The summed E-state index contributed by atoms with van der Waals surface area (Å²) in [4.78, 5) is 24.7. The maximum atomic E-state index is 14.4. The van der Waals surface area contributed by atoms with E-state index in [0.29, 0.717) is 18.1 Å². The number of para-hydroxylation sites is 1. The van der Waals surface area contributed by atoms with Crippen molar-refractivity contribution in [3.05, 3.63) is 41.1 Å². The molecule has 10 heteroatoms. The normalized spacial score (nSPS) is 17.8. The van der Waals surface area contributed by atoms with Gasteiger partial charge in [0.05, 0.1) is 16.2 Å². The van der Waals surface area contributed by atoms with E-state index in [0.717, 1.165) is 29.3 Å². The summed E-state index contributed by atoms with van der Waals surface area (Å²) >= 11 is -0.0828. The standard InChI is InChI=1S/C18H19F2IN6O/c1-26(2)7-6-22-17-24-14(13-8-21-13)10-9-23-18(28)27(16(10)25-17)15-11(19)4-3-5-12(15)20/h3-5,8,13H,6-7,9H2,1-2H3,(H,23,28)(H,22,24,25). The molecule has 0 saturated heterocycles. The molecule has 0 radical (unpaired) electrons. The molecule has 2 aliphatic heterocycles. The van der Waals surface area contributed by atoms with E-state index < -0.39 is 23.4 Å². The summed E-state index contributed by atoms with van der Waals surface area (Å²) in [6.07, 6.45) is 0. The minimum atomic E-state index is -0.823. The molecule has 148 valence electrons. The van der Waals surface area contributed by atoms with Gasteiger partial charge in [-0.25, -0.2) is 23.5 Å². The van der Waals surface area contributed by atoms with Crippen LogP contribution in [-0.4, -0.2) is 52.1 Å². The van der Waals surface area contributed by atoms with Crippen LogP contribution in [0, 0.1) is 11.6 Å². The molecule has 2 aromatic rings. The number of nitrogens with one attached hydrogen (secondary N) is 2. The number of amides is 2. The number of carbonyl (C=O) groups is 1. The van der Waals surface area contributed by atoms with Crippen molar-refractivity contribution >= 4 is 48.2 Å². The minimum Gasteiger partial charge on any atom is -0.353 e. The van der Waals surface area contributed by atoms with Crippen molar-refractivity contribution < 1.29 is 13.6 Å². The fraction of sp³-hybridized carbons (Fsp3) is 0.333. The van der Waals surface area contributed by atoms with E-state index in [-0.39, 0.29) is 37.0 Å². The zero-order valence-electron chi connectivity index (χ0n) is 15.3. The van der Waals surface area contributed by atoms with Gasteiger partial charge in [-0.05, 0) is 30.2 Å². The molecule has 1 unspecified atom stereocenters. The van der Waals surface area contributed by atoms with Gasteiger partial charge in [-0.15, -0.1) is 20.7 Å². The highest BCUT2D eigenvalue weighted by Crippen LogP contribution is 2.44. The number of alkyl halides is 1. The van der Waals surface area contributed by atoms with Crippen LogP contribution in [0.25, 0.3) is 0 Å². The lowest BCUT2D eigenvalue weighted by Crippen LogP contribution is -2.43. The molecule has 4 rings (SSSR count). The van der Waals surface area contributed by atoms with Crippen LogP contribution in [0.3, 0.4) is 0 Å². The smallest absolute Gasteiger partial charge is 0.328 e.